The number of carbonyl (C=O) groups excluding carboxylic acids is 2. The van der Waals surface area contributed by atoms with Crippen LogP contribution in [0, 0.1) is 0 Å². The summed E-state index contributed by atoms with van der Waals surface area (Å²) in [5.74, 6) is -0.411. The molecule has 5 heteroatoms. The molecule has 0 bridgehead atoms. The van der Waals surface area contributed by atoms with E-state index in [4.69, 9.17) is 9.47 Å². The number of esters is 1. The maximum atomic E-state index is 12.8. The highest BCUT2D eigenvalue weighted by Crippen LogP contribution is 2.34. The molecule has 146 valence electrons. The number of rotatable bonds is 3. The second-order valence-corrected chi connectivity index (χ2v) is 7.67. The summed E-state index contributed by atoms with van der Waals surface area (Å²) in [5.41, 5.74) is 0.732. The van der Waals surface area contributed by atoms with Gasteiger partial charge in [-0.15, -0.1) is 0 Å². The minimum atomic E-state index is -0.625. The van der Waals surface area contributed by atoms with Gasteiger partial charge in [0.1, 0.15) is 17.7 Å². The van der Waals surface area contributed by atoms with E-state index in [1.807, 2.05) is 63.2 Å². The lowest BCUT2D eigenvalue weighted by Gasteiger charge is -2.38. The fourth-order valence-corrected chi connectivity index (χ4v) is 3.12. The van der Waals surface area contributed by atoms with Gasteiger partial charge in [0.2, 0.25) is 0 Å². The van der Waals surface area contributed by atoms with E-state index in [0.717, 1.165) is 5.56 Å². The quantitative estimate of drug-likeness (QED) is 0.696. The Bertz CT molecular complexity index is 840. The van der Waals surface area contributed by atoms with Crippen molar-refractivity contribution in [3.8, 4) is 0 Å². The van der Waals surface area contributed by atoms with Gasteiger partial charge in [0.15, 0.2) is 0 Å². The van der Waals surface area contributed by atoms with Crippen LogP contribution in [-0.4, -0.2) is 28.7 Å². The lowest BCUT2D eigenvalue weighted by atomic mass is 9.95. The maximum Gasteiger partial charge on any atom is 0.415 e. The Morgan fingerprint density at radius 2 is 1.57 bits per heavy atom. The summed E-state index contributed by atoms with van der Waals surface area (Å²) in [6, 6.07) is 17.9. The maximum absolute atomic E-state index is 12.8. The lowest BCUT2D eigenvalue weighted by Crippen LogP contribution is -2.43. The van der Waals surface area contributed by atoms with Crippen LogP contribution in [0.25, 0.3) is 0 Å². The number of hydrogen-bond donors (Lipinski definition) is 0. The number of ether oxygens (including phenoxy) is 2. The van der Waals surface area contributed by atoms with Crippen molar-refractivity contribution in [3.05, 3.63) is 84.1 Å². The second kappa shape index (κ2) is 8.30. The summed E-state index contributed by atoms with van der Waals surface area (Å²) in [6.07, 6.45) is 3.05. The van der Waals surface area contributed by atoms with Gasteiger partial charge in [-0.3, -0.25) is 4.90 Å². The number of carbonyl (C=O) groups is 2. The largest absolute Gasteiger partial charge is 0.456 e. The topological polar surface area (TPSA) is 55.8 Å². The predicted molar refractivity (Wildman–Crippen MR) is 107 cm³/mol. The van der Waals surface area contributed by atoms with Crippen molar-refractivity contribution in [2.24, 2.45) is 0 Å². The molecule has 0 aliphatic carbocycles. The third kappa shape index (κ3) is 4.80. The van der Waals surface area contributed by atoms with E-state index in [1.165, 1.54) is 4.90 Å². The van der Waals surface area contributed by atoms with E-state index in [9.17, 15) is 9.59 Å². The highest BCUT2D eigenvalue weighted by Gasteiger charge is 2.37. The molecule has 0 saturated heterocycles. The first kappa shape index (κ1) is 19.7. The van der Waals surface area contributed by atoms with Gasteiger partial charge < -0.3 is 9.47 Å². The van der Waals surface area contributed by atoms with E-state index in [0.29, 0.717) is 12.0 Å². The molecule has 0 N–H and O–H groups in total. The number of benzene rings is 2. The van der Waals surface area contributed by atoms with Gasteiger partial charge in [-0.25, -0.2) is 9.59 Å². The molecule has 2 aromatic carbocycles. The number of amides is 1. The average molecular weight is 379 g/mol. The van der Waals surface area contributed by atoms with E-state index < -0.39 is 29.8 Å². The first-order valence-electron chi connectivity index (χ1n) is 9.34. The van der Waals surface area contributed by atoms with Crippen LogP contribution in [0.2, 0.25) is 0 Å². The van der Waals surface area contributed by atoms with Crippen LogP contribution in [0.15, 0.2) is 72.9 Å². The first-order chi connectivity index (χ1) is 13.3. The third-order valence-corrected chi connectivity index (χ3v) is 4.30. The highest BCUT2D eigenvalue weighted by molar-refractivity contribution is 5.89. The number of nitrogens with zero attached hydrogens (tertiary/aromatic N) is 1. The van der Waals surface area contributed by atoms with E-state index in [1.54, 1.807) is 30.5 Å². The molecule has 0 radical (unpaired) electrons. The zero-order chi connectivity index (χ0) is 20.1. The summed E-state index contributed by atoms with van der Waals surface area (Å²) in [4.78, 5) is 26.9. The van der Waals surface area contributed by atoms with Crippen LogP contribution in [0.1, 0.15) is 49.2 Å². The molecule has 0 saturated carbocycles. The van der Waals surface area contributed by atoms with Gasteiger partial charge in [0, 0.05) is 12.6 Å². The summed E-state index contributed by atoms with van der Waals surface area (Å²) >= 11 is 0. The van der Waals surface area contributed by atoms with Crippen molar-refractivity contribution in [2.45, 2.75) is 44.9 Å². The minimum absolute atomic E-state index is 0.411. The van der Waals surface area contributed by atoms with Crippen LogP contribution in [-0.2, 0) is 9.47 Å². The van der Waals surface area contributed by atoms with Crippen molar-refractivity contribution < 1.29 is 19.1 Å². The fraction of sp³-hybridized carbons (Fsp3) is 0.304. The Labute approximate surface area is 165 Å². The Kier molecular flexibility index (Phi) is 5.83. The summed E-state index contributed by atoms with van der Waals surface area (Å²) < 4.78 is 11.4. The molecule has 0 unspecified atom stereocenters. The van der Waals surface area contributed by atoms with Gasteiger partial charge in [-0.05, 0) is 38.5 Å². The molecule has 0 aromatic heterocycles. The minimum Gasteiger partial charge on any atom is -0.456 e. The monoisotopic (exact) mass is 379 g/mol. The molecule has 1 heterocycles. The molecule has 5 nitrogen and oxygen atoms in total. The SMILES string of the molecule is CC(C)(C)OC(=O)N1C=CC[C@H](OC(=O)c2ccccc2)[C@@H]1c1ccccc1. The predicted octanol–water partition coefficient (Wildman–Crippen LogP) is 5.11. The van der Waals surface area contributed by atoms with Crippen LogP contribution < -0.4 is 0 Å². The molecule has 28 heavy (non-hydrogen) atoms. The van der Waals surface area contributed by atoms with Gasteiger partial charge >= 0.3 is 12.1 Å². The van der Waals surface area contributed by atoms with Crippen molar-refractivity contribution in [2.75, 3.05) is 0 Å². The van der Waals surface area contributed by atoms with E-state index in [2.05, 4.69) is 0 Å². The normalized spacial score (nSPS) is 19.2. The summed E-state index contributed by atoms with van der Waals surface area (Å²) in [6.45, 7) is 5.47. The second-order valence-electron chi connectivity index (χ2n) is 7.67. The van der Waals surface area contributed by atoms with Crippen LogP contribution in [0.5, 0.6) is 0 Å². The first-order valence-corrected chi connectivity index (χ1v) is 9.34. The van der Waals surface area contributed by atoms with Gasteiger partial charge in [0.25, 0.3) is 0 Å². The molecule has 0 spiro atoms. The van der Waals surface area contributed by atoms with E-state index >= 15 is 0 Å². The van der Waals surface area contributed by atoms with Crippen molar-refractivity contribution in [1.82, 2.24) is 4.90 Å². The number of hydrogen-bond acceptors (Lipinski definition) is 4. The van der Waals surface area contributed by atoms with Crippen LogP contribution in [0.4, 0.5) is 4.79 Å². The molecule has 3 rings (SSSR count). The summed E-state index contributed by atoms with van der Waals surface area (Å²) in [7, 11) is 0. The smallest absolute Gasteiger partial charge is 0.415 e. The molecule has 2 atom stereocenters. The molecular formula is C23H25NO4. The Balaban J connectivity index is 1.89. The van der Waals surface area contributed by atoms with Crippen molar-refractivity contribution in [3.63, 3.8) is 0 Å². The van der Waals surface area contributed by atoms with Crippen molar-refractivity contribution in [1.29, 1.82) is 0 Å². The average Bonchev–Trinajstić information content (AvgIpc) is 2.68. The van der Waals surface area contributed by atoms with Crippen LogP contribution in [0.3, 0.4) is 0 Å². The standard InChI is InChI=1S/C23H25NO4/c1-23(2,3)28-22(26)24-16-10-15-19(20(24)17-11-6-4-7-12-17)27-21(25)18-13-8-5-9-14-18/h4-14,16,19-20H,15H2,1-3H3/t19-,20-/m0/s1. The molecule has 0 fully saturated rings. The molecule has 1 amide bonds. The van der Waals surface area contributed by atoms with Gasteiger partial charge in [-0.2, -0.15) is 0 Å². The zero-order valence-electron chi connectivity index (χ0n) is 16.4. The molecule has 2 aromatic rings. The summed E-state index contributed by atoms with van der Waals surface area (Å²) in [5, 5.41) is 0. The molecular weight excluding hydrogens is 354 g/mol. The van der Waals surface area contributed by atoms with E-state index in [-0.39, 0.29) is 0 Å². The van der Waals surface area contributed by atoms with Crippen molar-refractivity contribution >= 4 is 12.1 Å². The lowest BCUT2D eigenvalue weighted by molar-refractivity contribution is -0.0135. The Morgan fingerprint density at radius 3 is 2.18 bits per heavy atom. The van der Waals surface area contributed by atoms with Gasteiger partial charge in [0.05, 0.1) is 5.56 Å². The molecule has 1 aliphatic rings. The van der Waals surface area contributed by atoms with Crippen LogP contribution >= 0.6 is 0 Å². The van der Waals surface area contributed by atoms with Gasteiger partial charge in [-0.1, -0.05) is 54.6 Å². The zero-order valence-corrected chi connectivity index (χ0v) is 16.4. The Hall–Kier alpha value is -3.08. The Morgan fingerprint density at radius 1 is 0.964 bits per heavy atom. The fourth-order valence-electron chi connectivity index (χ4n) is 3.12. The molecule has 1 aliphatic heterocycles. The third-order valence-electron chi connectivity index (χ3n) is 4.30. The highest BCUT2D eigenvalue weighted by atomic mass is 16.6.